The summed E-state index contributed by atoms with van der Waals surface area (Å²) in [5, 5.41) is 2.33. The number of hydrogen-bond donors (Lipinski definition) is 0. The van der Waals surface area contributed by atoms with Crippen LogP contribution < -0.4 is 0 Å². The first-order chi connectivity index (χ1) is 8.88. The first-order valence-corrected chi connectivity index (χ1v) is 9.16. The first-order valence-electron chi connectivity index (χ1n) is 7.59. The van der Waals surface area contributed by atoms with Crippen LogP contribution in [-0.2, 0) is 0 Å². The van der Waals surface area contributed by atoms with E-state index in [0.29, 0.717) is 0 Å². The molecule has 0 unspecified atom stereocenters. The van der Waals surface area contributed by atoms with Gasteiger partial charge < -0.3 is 0 Å². The average molecular weight is 269 g/mol. The maximum Gasteiger partial charge on any atom is 0.0100 e. The normalized spacial score (nSPS) is 29.1. The smallest absolute Gasteiger partial charge is 0.0100 e. The summed E-state index contributed by atoms with van der Waals surface area (Å²) in [5.41, 5.74) is 0. The van der Waals surface area contributed by atoms with Crippen LogP contribution in [0.4, 0.5) is 0 Å². The second-order valence-corrected chi connectivity index (χ2v) is 8.64. The molecule has 0 aliphatic carbocycles. The van der Waals surface area contributed by atoms with Gasteiger partial charge in [0.05, 0.1) is 0 Å². The molecule has 0 aromatic carbocycles. The SMILES string of the molecule is C=CS(N1CCCC1)(N1CCCC1)N1CCCC1. The minimum atomic E-state index is -1.01. The van der Waals surface area contributed by atoms with Crippen molar-refractivity contribution in [3.63, 3.8) is 0 Å². The lowest BCUT2D eigenvalue weighted by molar-refractivity contribution is 0.411. The summed E-state index contributed by atoms with van der Waals surface area (Å²) in [6, 6.07) is 0. The molecule has 0 aromatic rings. The Hall–Kier alpha value is -0.0300. The molecule has 0 aromatic heterocycles. The third-order valence-electron chi connectivity index (χ3n) is 4.56. The molecule has 104 valence electrons. The Balaban J connectivity index is 1.89. The lowest BCUT2D eigenvalue weighted by Gasteiger charge is -2.56. The Morgan fingerprint density at radius 1 is 0.611 bits per heavy atom. The van der Waals surface area contributed by atoms with Crippen molar-refractivity contribution in [3.05, 3.63) is 12.0 Å². The number of nitrogens with zero attached hydrogens (tertiary/aromatic N) is 3. The van der Waals surface area contributed by atoms with E-state index in [1.807, 2.05) is 0 Å². The van der Waals surface area contributed by atoms with Crippen molar-refractivity contribution in [1.82, 2.24) is 12.9 Å². The zero-order chi connectivity index (χ0) is 12.4. The van der Waals surface area contributed by atoms with E-state index >= 15 is 0 Å². The standard InChI is InChI=1S/C14H27N3S/c1-2-18(15-9-3-4-10-15,16-11-5-6-12-16)17-13-7-8-14-17/h2H,1,3-14H2. The van der Waals surface area contributed by atoms with E-state index in [2.05, 4.69) is 24.9 Å². The van der Waals surface area contributed by atoms with Crippen molar-refractivity contribution < 1.29 is 0 Å². The van der Waals surface area contributed by atoms with Gasteiger partial charge in [-0.25, -0.2) is 12.9 Å². The molecule has 3 aliphatic rings. The van der Waals surface area contributed by atoms with Gasteiger partial charge in [-0.2, -0.15) is 0 Å². The minimum absolute atomic E-state index is 1.01. The lowest BCUT2D eigenvalue weighted by atomic mass is 10.4. The Bertz CT molecular complexity index is 249. The molecule has 0 amide bonds. The van der Waals surface area contributed by atoms with Gasteiger partial charge in [-0.05, 0) is 54.5 Å². The fourth-order valence-electron chi connectivity index (χ4n) is 3.68. The third-order valence-corrected chi connectivity index (χ3v) is 8.38. The van der Waals surface area contributed by atoms with Crippen LogP contribution in [0.25, 0.3) is 0 Å². The highest BCUT2D eigenvalue weighted by Crippen LogP contribution is 2.61. The summed E-state index contributed by atoms with van der Waals surface area (Å²) in [6.07, 6.45) is 8.28. The molecule has 0 atom stereocenters. The van der Waals surface area contributed by atoms with Crippen LogP contribution >= 0.6 is 10.6 Å². The lowest BCUT2D eigenvalue weighted by Crippen LogP contribution is -2.45. The predicted octanol–water partition coefficient (Wildman–Crippen LogP) is 2.97. The van der Waals surface area contributed by atoms with E-state index < -0.39 is 10.6 Å². The Kier molecular flexibility index (Phi) is 3.99. The molecule has 3 saturated heterocycles. The molecule has 3 rings (SSSR count). The van der Waals surface area contributed by atoms with E-state index in [-0.39, 0.29) is 0 Å². The van der Waals surface area contributed by atoms with E-state index in [1.165, 1.54) is 77.8 Å². The zero-order valence-electron chi connectivity index (χ0n) is 11.5. The van der Waals surface area contributed by atoms with E-state index in [4.69, 9.17) is 0 Å². The highest BCUT2D eigenvalue weighted by Gasteiger charge is 2.43. The van der Waals surface area contributed by atoms with Crippen LogP contribution in [0.2, 0.25) is 0 Å². The summed E-state index contributed by atoms with van der Waals surface area (Å²) in [4.78, 5) is 0. The molecular formula is C14H27N3S. The molecule has 3 fully saturated rings. The van der Waals surface area contributed by atoms with Crippen LogP contribution in [0, 0.1) is 0 Å². The number of hydrogen-bond acceptors (Lipinski definition) is 3. The van der Waals surface area contributed by atoms with Crippen molar-refractivity contribution in [2.75, 3.05) is 39.3 Å². The Morgan fingerprint density at radius 2 is 0.889 bits per heavy atom. The molecule has 3 aliphatic heterocycles. The molecule has 0 bridgehead atoms. The predicted molar refractivity (Wildman–Crippen MR) is 80.2 cm³/mol. The first kappa shape index (κ1) is 13.0. The molecule has 18 heavy (non-hydrogen) atoms. The Morgan fingerprint density at radius 3 is 1.11 bits per heavy atom. The zero-order valence-corrected chi connectivity index (χ0v) is 12.3. The van der Waals surface area contributed by atoms with Gasteiger partial charge >= 0.3 is 0 Å². The summed E-state index contributed by atoms with van der Waals surface area (Å²) < 4.78 is 8.32. The fraction of sp³-hybridized carbons (Fsp3) is 0.857. The summed E-state index contributed by atoms with van der Waals surface area (Å²) in [7, 11) is -1.01. The molecule has 4 heteroatoms. The van der Waals surface area contributed by atoms with Gasteiger partial charge in [0.15, 0.2) is 0 Å². The van der Waals surface area contributed by atoms with E-state index in [9.17, 15) is 0 Å². The van der Waals surface area contributed by atoms with Crippen LogP contribution in [0.1, 0.15) is 38.5 Å². The summed E-state index contributed by atoms with van der Waals surface area (Å²) >= 11 is 0. The van der Waals surface area contributed by atoms with Crippen molar-refractivity contribution >= 4 is 10.6 Å². The molecule has 3 nitrogen and oxygen atoms in total. The Labute approximate surface area is 114 Å². The van der Waals surface area contributed by atoms with Gasteiger partial charge in [0, 0.05) is 39.3 Å². The van der Waals surface area contributed by atoms with Crippen LogP contribution in [-0.4, -0.2) is 52.2 Å². The topological polar surface area (TPSA) is 9.72 Å². The maximum absolute atomic E-state index is 4.28. The van der Waals surface area contributed by atoms with Gasteiger partial charge in [-0.1, -0.05) is 6.58 Å². The van der Waals surface area contributed by atoms with Crippen LogP contribution in [0.15, 0.2) is 12.0 Å². The maximum atomic E-state index is 4.28. The van der Waals surface area contributed by atoms with Crippen molar-refractivity contribution in [3.8, 4) is 0 Å². The van der Waals surface area contributed by atoms with Crippen LogP contribution in [0.5, 0.6) is 0 Å². The van der Waals surface area contributed by atoms with Crippen molar-refractivity contribution in [1.29, 1.82) is 0 Å². The molecule has 0 N–H and O–H groups in total. The molecule has 0 saturated carbocycles. The van der Waals surface area contributed by atoms with Gasteiger partial charge in [0.2, 0.25) is 0 Å². The highest BCUT2D eigenvalue weighted by atomic mass is 32.3. The van der Waals surface area contributed by atoms with E-state index in [0.717, 1.165) is 0 Å². The largest absolute Gasteiger partial charge is 0.241 e. The quantitative estimate of drug-likeness (QED) is 0.777. The second kappa shape index (κ2) is 5.53. The van der Waals surface area contributed by atoms with Gasteiger partial charge in [-0.15, -0.1) is 0 Å². The van der Waals surface area contributed by atoms with Crippen molar-refractivity contribution in [2.24, 2.45) is 0 Å². The van der Waals surface area contributed by atoms with E-state index in [1.54, 1.807) is 0 Å². The summed E-state index contributed by atoms with van der Waals surface area (Å²) in [5.74, 6) is 0. The molecule has 0 spiro atoms. The monoisotopic (exact) mass is 269 g/mol. The van der Waals surface area contributed by atoms with Gasteiger partial charge in [0.25, 0.3) is 0 Å². The summed E-state index contributed by atoms with van der Waals surface area (Å²) in [6.45, 7) is 12.0. The highest BCUT2D eigenvalue weighted by molar-refractivity contribution is 8.30. The number of rotatable bonds is 4. The molecular weight excluding hydrogens is 242 g/mol. The van der Waals surface area contributed by atoms with Crippen molar-refractivity contribution in [2.45, 2.75) is 38.5 Å². The van der Waals surface area contributed by atoms with Crippen LogP contribution in [0.3, 0.4) is 0 Å². The molecule has 3 heterocycles. The molecule has 0 radical (unpaired) electrons. The van der Waals surface area contributed by atoms with Gasteiger partial charge in [0.1, 0.15) is 0 Å². The third kappa shape index (κ3) is 2.03. The average Bonchev–Trinajstić information content (AvgIpc) is 3.16. The van der Waals surface area contributed by atoms with Gasteiger partial charge in [-0.3, -0.25) is 0 Å². The fourth-order valence-corrected chi connectivity index (χ4v) is 7.68. The minimum Gasteiger partial charge on any atom is -0.241 e. The second-order valence-electron chi connectivity index (χ2n) is 5.64.